The highest BCUT2D eigenvalue weighted by Gasteiger charge is 2.56. The maximum atomic E-state index is 12.8. The molecular formula is C21H34BNO3S. The van der Waals surface area contributed by atoms with Crippen LogP contribution in [0.3, 0.4) is 0 Å². The third-order valence-electron chi connectivity index (χ3n) is 6.12. The fourth-order valence-electron chi connectivity index (χ4n) is 3.52. The molecule has 1 aromatic carbocycles. The van der Waals surface area contributed by atoms with Crippen molar-refractivity contribution in [1.29, 1.82) is 0 Å². The summed E-state index contributed by atoms with van der Waals surface area (Å²) in [6.45, 7) is 14.2. The van der Waals surface area contributed by atoms with Gasteiger partial charge in [0, 0.05) is 11.4 Å². The predicted molar refractivity (Wildman–Crippen MR) is 113 cm³/mol. The SMILES string of the molecule is CC(C)(C)[S+]([O-])NC(C[C@H]1C[C@@H]1c1ccccc1)B1OC(C)(C)C(C)(C)O1. The van der Waals surface area contributed by atoms with Gasteiger partial charge < -0.3 is 13.9 Å². The average Bonchev–Trinajstić information content (AvgIpc) is 3.27. The minimum Gasteiger partial charge on any atom is -0.598 e. The lowest BCUT2D eigenvalue weighted by Crippen LogP contribution is -2.52. The summed E-state index contributed by atoms with van der Waals surface area (Å²) in [7, 11) is -0.390. The molecule has 0 radical (unpaired) electrons. The van der Waals surface area contributed by atoms with Crippen LogP contribution >= 0.6 is 0 Å². The molecule has 4 nitrogen and oxygen atoms in total. The molecule has 6 heteroatoms. The molecule has 27 heavy (non-hydrogen) atoms. The van der Waals surface area contributed by atoms with Gasteiger partial charge in [0.2, 0.25) is 0 Å². The highest BCUT2D eigenvalue weighted by molar-refractivity contribution is 7.90. The van der Waals surface area contributed by atoms with Crippen LogP contribution in [-0.4, -0.2) is 33.6 Å². The van der Waals surface area contributed by atoms with Crippen LogP contribution in [0.25, 0.3) is 0 Å². The molecule has 0 bridgehead atoms. The van der Waals surface area contributed by atoms with E-state index >= 15 is 0 Å². The molecule has 1 heterocycles. The first-order valence-corrected chi connectivity index (χ1v) is 11.1. The van der Waals surface area contributed by atoms with Crippen LogP contribution in [0.1, 0.15) is 72.8 Å². The third-order valence-corrected chi connectivity index (χ3v) is 7.75. The van der Waals surface area contributed by atoms with Gasteiger partial charge in [-0.25, -0.2) is 0 Å². The van der Waals surface area contributed by atoms with E-state index in [1.165, 1.54) is 12.0 Å². The Morgan fingerprint density at radius 1 is 1.15 bits per heavy atom. The minimum absolute atomic E-state index is 0.0928. The number of rotatable bonds is 6. The Labute approximate surface area is 168 Å². The lowest BCUT2D eigenvalue weighted by Gasteiger charge is -2.32. The molecule has 3 rings (SSSR count). The average molecular weight is 391 g/mol. The van der Waals surface area contributed by atoms with E-state index in [0.717, 1.165) is 6.42 Å². The van der Waals surface area contributed by atoms with E-state index in [9.17, 15) is 4.55 Å². The molecule has 2 fully saturated rings. The van der Waals surface area contributed by atoms with Crippen LogP contribution in [0, 0.1) is 5.92 Å². The largest absolute Gasteiger partial charge is 0.598 e. The number of hydrogen-bond donors (Lipinski definition) is 1. The molecule has 0 aromatic heterocycles. The summed E-state index contributed by atoms with van der Waals surface area (Å²) in [5.41, 5.74) is 0.624. The van der Waals surface area contributed by atoms with E-state index in [4.69, 9.17) is 9.31 Å². The second-order valence-electron chi connectivity index (χ2n) is 9.98. The Bertz CT molecular complexity index is 631. The second-order valence-corrected chi connectivity index (χ2v) is 12.0. The molecule has 4 atom stereocenters. The lowest BCUT2D eigenvalue weighted by molar-refractivity contribution is 0.00578. The fraction of sp³-hybridized carbons (Fsp3) is 0.714. The van der Waals surface area contributed by atoms with Gasteiger partial charge in [-0.15, -0.1) is 4.72 Å². The molecule has 2 unspecified atom stereocenters. The zero-order valence-electron chi connectivity index (χ0n) is 17.7. The van der Waals surface area contributed by atoms with Crippen molar-refractivity contribution >= 4 is 18.5 Å². The first-order valence-electron chi connectivity index (χ1n) is 9.99. The molecule has 1 aliphatic carbocycles. The van der Waals surface area contributed by atoms with Crippen molar-refractivity contribution in [2.45, 2.75) is 89.1 Å². The summed E-state index contributed by atoms with van der Waals surface area (Å²) in [6.07, 6.45) is 2.07. The highest BCUT2D eigenvalue weighted by Crippen LogP contribution is 2.51. The summed E-state index contributed by atoms with van der Waals surface area (Å²) in [5.74, 6) is 1.06. The first-order chi connectivity index (χ1) is 12.4. The van der Waals surface area contributed by atoms with Gasteiger partial charge in [0.05, 0.1) is 17.1 Å². The molecule has 1 aromatic rings. The van der Waals surface area contributed by atoms with Gasteiger partial charge in [-0.05, 0) is 78.7 Å². The molecule has 1 aliphatic heterocycles. The molecule has 2 aliphatic rings. The van der Waals surface area contributed by atoms with Crippen molar-refractivity contribution < 1.29 is 13.9 Å². The molecule has 0 spiro atoms. The van der Waals surface area contributed by atoms with Crippen molar-refractivity contribution in [3.8, 4) is 0 Å². The summed E-state index contributed by atoms with van der Waals surface area (Å²) < 4.78 is 28.4. The van der Waals surface area contributed by atoms with E-state index in [0.29, 0.717) is 11.8 Å². The highest BCUT2D eigenvalue weighted by atomic mass is 32.2. The van der Waals surface area contributed by atoms with E-state index in [1.54, 1.807) is 0 Å². The summed E-state index contributed by atoms with van der Waals surface area (Å²) >= 11 is -1.17. The number of nitrogens with one attached hydrogen (secondary N) is 1. The molecule has 1 saturated heterocycles. The Balaban J connectivity index is 1.72. The minimum atomic E-state index is -1.17. The van der Waals surface area contributed by atoms with Crippen molar-refractivity contribution in [2.24, 2.45) is 5.92 Å². The predicted octanol–water partition coefficient (Wildman–Crippen LogP) is 4.23. The van der Waals surface area contributed by atoms with Crippen LogP contribution < -0.4 is 4.72 Å². The zero-order valence-corrected chi connectivity index (χ0v) is 18.6. The smallest absolute Gasteiger partial charge is 0.480 e. The molecule has 1 N–H and O–H groups in total. The Hall–Kier alpha value is -0.525. The quantitative estimate of drug-likeness (QED) is 0.582. The van der Waals surface area contributed by atoms with Gasteiger partial charge in [-0.1, -0.05) is 30.3 Å². The Kier molecular flexibility index (Phi) is 5.79. The van der Waals surface area contributed by atoms with Crippen LogP contribution in [0.4, 0.5) is 0 Å². The fourth-order valence-corrected chi connectivity index (χ4v) is 4.36. The monoisotopic (exact) mass is 391 g/mol. The van der Waals surface area contributed by atoms with E-state index in [2.05, 4.69) is 62.7 Å². The van der Waals surface area contributed by atoms with Crippen LogP contribution in [0.5, 0.6) is 0 Å². The maximum Gasteiger partial charge on any atom is 0.480 e. The van der Waals surface area contributed by atoms with Gasteiger partial charge in [-0.2, -0.15) is 0 Å². The normalized spacial score (nSPS) is 28.8. The second kappa shape index (κ2) is 7.38. The first kappa shape index (κ1) is 21.2. The van der Waals surface area contributed by atoms with Gasteiger partial charge >= 0.3 is 7.12 Å². The van der Waals surface area contributed by atoms with Crippen molar-refractivity contribution in [3.63, 3.8) is 0 Å². The third kappa shape index (κ3) is 4.73. The molecular weight excluding hydrogens is 357 g/mol. The maximum absolute atomic E-state index is 12.8. The standard InChI is InChI=1S/C21H34BNO3S/c1-19(2,3)27(24)23-18(22-25-20(4,5)21(6,7)26-22)14-16-13-17(16)15-11-9-8-10-12-15/h8-12,16-18,23H,13-14H2,1-7H3/t16-,17-,18?,27?/m1/s1. The van der Waals surface area contributed by atoms with Crippen molar-refractivity contribution in [2.75, 3.05) is 0 Å². The summed E-state index contributed by atoms with van der Waals surface area (Å²) in [4.78, 5) is 0. The molecule has 1 saturated carbocycles. The number of benzene rings is 1. The Morgan fingerprint density at radius 2 is 1.70 bits per heavy atom. The van der Waals surface area contributed by atoms with Crippen LogP contribution in [0.2, 0.25) is 0 Å². The lowest BCUT2D eigenvalue weighted by atomic mass is 9.75. The van der Waals surface area contributed by atoms with E-state index in [1.807, 2.05) is 20.8 Å². The molecule has 150 valence electrons. The Morgan fingerprint density at radius 3 is 2.22 bits per heavy atom. The van der Waals surface area contributed by atoms with Gasteiger partial charge in [0.25, 0.3) is 0 Å². The summed E-state index contributed by atoms with van der Waals surface area (Å²) in [5, 5.41) is 0. The van der Waals surface area contributed by atoms with Crippen LogP contribution in [0.15, 0.2) is 30.3 Å². The van der Waals surface area contributed by atoms with Crippen LogP contribution in [-0.2, 0) is 20.7 Å². The van der Waals surface area contributed by atoms with Gasteiger partial charge in [0.15, 0.2) is 0 Å². The zero-order chi connectivity index (χ0) is 20.0. The topological polar surface area (TPSA) is 53.5 Å². The van der Waals surface area contributed by atoms with Crippen molar-refractivity contribution in [3.05, 3.63) is 35.9 Å². The van der Waals surface area contributed by atoms with E-state index in [-0.39, 0.29) is 21.9 Å². The number of hydrogen-bond acceptors (Lipinski definition) is 4. The molecule has 0 amide bonds. The van der Waals surface area contributed by atoms with Crippen molar-refractivity contribution in [1.82, 2.24) is 4.72 Å². The van der Waals surface area contributed by atoms with Gasteiger partial charge in [0.1, 0.15) is 4.75 Å². The van der Waals surface area contributed by atoms with Gasteiger partial charge in [-0.3, -0.25) is 0 Å². The van der Waals surface area contributed by atoms with E-state index < -0.39 is 18.5 Å². The summed E-state index contributed by atoms with van der Waals surface area (Å²) in [6, 6.07) is 10.7.